The Morgan fingerprint density at radius 1 is 1.47 bits per heavy atom. The van der Waals surface area contributed by atoms with Gasteiger partial charge < -0.3 is 4.74 Å². The monoisotopic (exact) mass is 303 g/mol. The van der Waals surface area contributed by atoms with Crippen molar-refractivity contribution >= 4 is 40.5 Å². The number of ether oxygens (including phenoxy) is 1. The lowest BCUT2D eigenvalue weighted by Crippen LogP contribution is -2.28. The fourth-order valence-electron chi connectivity index (χ4n) is 1.26. The zero-order valence-electron chi connectivity index (χ0n) is 10.9. The maximum absolute atomic E-state index is 11.6. The number of ketones is 1. The molecule has 104 valence electrons. The molecule has 0 aliphatic heterocycles. The van der Waals surface area contributed by atoms with Crippen LogP contribution in [0.1, 0.15) is 30.4 Å². The molecule has 0 atom stereocenters. The highest BCUT2D eigenvalue weighted by Crippen LogP contribution is 2.44. The highest BCUT2D eigenvalue weighted by Gasteiger charge is 2.34. The van der Waals surface area contributed by atoms with E-state index in [1.165, 1.54) is 20.1 Å². The number of esters is 1. The highest BCUT2D eigenvalue weighted by molar-refractivity contribution is 8.03. The molecule has 0 saturated carbocycles. The minimum absolute atomic E-state index is 0.155. The lowest BCUT2D eigenvalue weighted by molar-refractivity contribution is -0.387. The van der Waals surface area contributed by atoms with Crippen LogP contribution in [0.15, 0.2) is 10.3 Å². The SMILES string of the molecule is COC(=O)C(C)(C)Sc1sc(C(C)=O)cc1[N+](=O)[O-]. The minimum Gasteiger partial charge on any atom is -0.468 e. The van der Waals surface area contributed by atoms with Gasteiger partial charge >= 0.3 is 5.97 Å². The Kier molecular flexibility index (Phi) is 4.70. The molecular formula is C11H13NO5S2. The Balaban J connectivity index is 3.16. The van der Waals surface area contributed by atoms with Gasteiger partial charge in [0.25, 0.3) is 5.69 Å². The van der Waals surface area contributed by atoms with E-state index in [2.05, 4.69) is 4.74 Å². The van der Waals surface area contributed by atoms with E-state index >= 15 is 0 Å². The van der Waals surface area contributed by atoms with Gasteiger partial charge in [0.2, 0.25) is 0 Å². The van der Waals surface area contributed by atoms with Crippen LogP contribution in [0.5, 0.6) is 0 Å². The molecule has 0 radical (unpaired) electrons. The number of nitrogens with zero attached hydrogens (tertiary/aromatic N) is 1. The van der Waals surface area contributed by atoms with Gasteiger partial charge in [-0.3, -0.25) is 19.7 Å². The number of hydrogen-bond acceptors (Lipinski definition) is 7. The molecule has 0 aliphatic carbocycles. The highest BCUT2D eigenvalue weighted by atomic mass is 32.2. The molecule has 8 heteroatoms. The largest absolute Gasteiger partial charge is 0.468 e. The van der Waals surface area contributed by atoms with E-state index in [1.807, 2.05) is 0 Å². The first-order valence-corrected chi connectivity index (χ1v) is 6.89. The number of nitro groups is 1. The van der Waals surface area contributed by atoms with Crippen molar-refractivity contribution in [3.05, 3.63) is 21.1 Å². The third kappa shape index (κ3) is 3.54. The summed E-state index contributed by atoms with van der Waals surface area (Å²) in [5.74, 6) is -0.722. The number of hydrogen-bond donors (Lipinski definition) is 0. The van der Waals surface area contributed by atoms with E-state index in [4.69, 9.17) is 0 Å². The van der Waals surface area contributed by atoms with Crippen LogP contribution in [-0.4, -0.2) is 28.5 Å². The van der Waals surface area contributed by atoms with Gasteiger partial charge in [-0.2, -0.15) is 0 Å². The Morgan fingerprint density at radius 2 is 2.05 bits per heavy atom. The average molecular weight is 303 g/mol. The van der Waals surface area contributed by atoms with Crippen LogP contribution in [0.2, 0.25) is 0 Å². The van der Waals surface area contributed by atoms with E-state index in [-0.39, 0.29) is 11.5 Å². The predicted molar refractivity (Wildman–Crippen MR) is 72.9 cm³/mol. The molecule has 6 nitrogen and oxygen atoms in total. The van der Waals surface area contributed by atoms with Crippen LogP contribution in [-0.2, 0) is 9.53 Å². The molecule has 0 unspecified atom stereocenters. The summed E-state index contributed by atoms with van der Waals surface area (Å²) < 4.78 is 4.01. The van der Waals surface area contributed by atoms with E-state index in [9.17, 15) is 19.7 Å². The summed E-state index contributed by atoms with van der Waals surface area (Å²) >= 11 is 2.04. The topological polar surface area (TPSA) is 86.5 Å². The summed E-state index contributed by atoms with van der Waals surface area (Å²) in [5, 5.41) is 11.0. The molecule has 1 aromatic heterocycles. The first-order valence-electron chi connectivity index (χ1n) is 5.25. The van der Waals surface area contributed by atoms with Gasteiger partial charge in [0.05, 0.1) is 16.9 Å². The molecule has 0 amide bonds. The van der Waals surface area contributed by atoms with Gasteiger partial charge in [-0.15, -0.1) is 11.3 Å². The van der Waals surface area contributed by atoms with Crippen molar-refractivity contribution in [1.29, 1.82) is 0 Å². The molecule has 1 rings (SSSR count). The third-order valence-electron chi connectivity index (χ3n) is 2.25. The fraction of sp³-hybridized carbons (Fsp3) is 0.455. The molecule has 0 N–H and O–H groups in total. The van der Waals surface area contributed by atoms with Crippen LogP contribution < -0.4 is 0 Å². The quantitative estimate of drug-likeness (QED) is 0.273. The number of carbonyl (C=O) groups excluding carboxylic acids is 2. The molecule has 1 aromatic rings. The molecule has 0 bridgehead atoms. The first-order chi connectivity index (χ1) is 8.69. The van der Waals surface area contributed by atoms with Gasteiger partial charge in [-0.1, -0.05) is 11.8 Å². The molecule has 0 aromatic carbocycles. The Hall–Kier alpha value is -1.41. The molecule has 19 heavy (non-hydrogen) atoms. The first kappa shape index (κ1) is 15.6. The summed E-state index contributed by atoms with van der Waals surface area (Å²) in [5.41, 5.74) is -0.155. The maximum Gasteiger partial charge on any atom is 0.321 e. The molecule has 0 fully saturated rings. The van der Waals surface area contributed by atoms with Crippen LogP contribution in [0, 0.1) is 10.1 Å². The Labute approximate surface area is 118 Å². The summed E-state index contributed by atoms with van der Waals surface area (Å²) in [6.07, 6.45) is 0. The zero-order valence-corrected chi connectivity index (χ0v) is 12.5. The van der Waals surface area contributed by atoms with Crippen molar-refractivity contribution < 1.29 is 19.2 Å². The second-order valence-corrected chi connectivity index (χ2v) is 7.14. The number of Topliss-reactive ketones (excluding diaryl/α,β-unsaturated/α-hetero) is 1. The number of thioether (sulfide) groups is 1. The molecule has 0 saturated heterocycles. The van der Waals surface area contributed by atoms with Crippen LogP contribution in [0.25, 0.3) is 0 Å². The molecule has 0 aliphatic rings. The van der Waals surface area contributed by atoms with E-state index < -0.39 is 15.6 Å². The van der Waals surface area contributed by atoms with Crippen LogP contribution >= 0.6 is 23.1 Å². The summed E-state index contributed by atoms with van der Waals surface area (Å²) in [6, 6.07) is 1.24. The lowest BCUT2D eigenvalue weighted by Gasteiger charge is -2.19. The Bertz CT molecular complexity index is 535. The van der Waals surface area contributed by atoms with Crippen LogP contribution in [0.3, 0.4) is 0 Å². The van der Waals surface area contributed by atoms with Crippen molar-refractivity contribution in [3.8, 4) is 0 Å². The van der Waals surface area contributed by atoms with Crippen molar-refractivity contribution in [2.24, 2.45) is 0 Å². The zero-order chi connectivity index (χ0) is 14.8. The smallest absolute Gasteiger partial charge is 0.321 e. The van der Waals surface area contributed by atoms with E-state index in [0.29, 0.717) is 9.09 Å². The van der Waals surface area contributed by atoms with Gasteiger partial charge in [-0.25, -0.2) is 0 Å². The summed E-state index contributed by atoms with van der Waals surface area (Å²) in [6.45, 7) is 4.57. The Morgan fingerprint density at radius 3 is 2.47 bits per heavy atom. The number of methoxy groups -OCH3 is 1. The number of carbonyl (C=O) groups is 2. The van der Waals surface area contributed by atoms with Gasteiger partial charge in [0.1, 0.15) is 8.96 Å². The molecule has 1 heterocycles. The lowest BCUT2D eigenvalue weighted by atomic mass is 10.2. The van der Waals surface area contributed by atoms with Crippen molar-refractivity contribution in [1.82, 2.24) is 0 Å². The van der Waals surface area contributed by atoms with Crippen molar-refractivity contribution in [3.63, 3.8) is 0 Å². The number of thiophene rings is 1. The second-order valence-electron chi connectivity index (χ2n) is 4.20. The van der Waals surface area contributed by atoms with Crippen LogP contribution in [0.4, 0.5) is 5.69 Å². The fourth-order valence-corrected chi connectivity index (χ4v) is 3.94. The van der Waals surface area contributed by atoms with Crippen molar-refractivity contribution in [2.75, 3.05) is 7.11 Å². The standard InChI is InChI=1S/C11H13NO5S2/c1-6(13)8-5-7(12(15)16)9(18-8)19-11(2,3)10(14)17-4/h5H,1-4H3. The average Bonchev–Trinajstić information content (AvgIpc) is 2.71. The predicted octanol–water partition coefficient (Wildman–Crippen LogP) is 2.90. The van der Waals surface area contributed by atoms with Gasteiger partial charge in [-0.05, 0) is 20.8 Å². The molecule has 0 spiro atoms. The summed E-state index contributed by atoms with van der Waals surface area (Å²) in [7, 11) is 1.26. The van der Waals surface area contributed by atoms with Gasteiger partial charge in [0, 0.05) is 6.07 Å². The maximum atomic E-state index is 11.6. The third-order valence-corrected chi connectivity index (χ3v) is 4.84. The minimum atomic E-state index is -0.960. The summed E-state index contributed by atoms with van der Waals surface area (Å²) in [4.78, 5) is 33.6. The van der Waals surface area contributed by atoms with Crippen molar-refractivity contribution in [2.45, 2.75) is 29.7 Å². The van der Waals surface area contributed by atoms with E-state index in [1.54, 1.807) is 13.8 Å². The molecular weight excluding hydrogens is 290 g/mol. The van der Waals surface area contributed by atoms with E-state index in [0.717, 1.165) is 23.1 Å². The number of rotatable bonds is 5. The van der Waals surface area contributed by atoms with Gasteiger partial charge in [0.15, 0.2) is 5.78 Å². The normalized spacial score (nSPS) is 11.2. The second kappa shape index (κ2) is 5.70.